The number of hydrogen-bond donors (Lipinski definition) is 1. The highest BCUT2D eigenvalue weighted by atomic mass is 16.4. The van der Waals surface area contributed by atoms with E-state index in [4.69, 9.17) is 5.11 Å². The van der Waals surface area contributed by atoms with Crippen LogP contribution in [0.25, 0.3) is 0 Å². The molecule has 1 aliphatic carbocycles. The SMILES string of the molecule is O=C(O)CC1(Cn2cncn2)CC1. The molecular formula is C8H11N3O2. The highest BCUT2D eigenvalue weighted by molar-refractivity contribution is 5.68. The third-order valence-corrected chi connectivity index (χ3v) is 2.45. The van der Waals surface area contributed by atoms with Gasteiger partial charge in [-0.25, -0.2) is 4.98 Å². The highest BCUT2D eigenvalue weighted by Gasteiger charge is 2.44. The first-order valence-corrected chi connectivity index (χ1v) is 4.24. The van der Waals surface area contributed by atoms with Gasteiger partial charge in [-0.05, 0) is 12.8 Å². The summed E-state index contributed by atoms with van der Waals surface area (Å²) in [6.45, 7) is 0.680. The van der Waals surface area contributed by atoms with Crippen LogP contribution in [0.1, 0.15) is 19.3 Å². The molecule has 0 aliphatic heterocycles. The van der Waals surface area contributed by atoms with Crippen molar-refractivity contribution in [1.82, 2.24) is 14.8 Å². The van der Waals surface area contributed by atoms with Crippen LogP contribution in [0.15, 0.2) is 12.7 Å². The molecule has 1 N–H and O–H groups in total. The third kappa shape index (κ3) is 1.85. The van der Waals surface area contributed by atoms with Crippen LogP contribution >= 0.6 is 0 Å². The van der Waals surface area contributed by atoms with Gasteiger partial charge in [0.15, 0.2) is 0 Å². The molecule has 1 fully saturated rings. The zero-order chi connectivity index (χ0) is 9.31. The normalized spacial score (nSPS) is 18.5. The van der Waals surface area contributed by atoms with E-state index in [1.165, 1.54) is 6.33 Å². The standard InChI is InChI=1S/C8H11N3O2/c12-7(13)3-8(1-2-8)4-11-6-9-5-10-11/h5-6H,1-4H2,(H,12,13). The van der Waals surface area contributed by atoms with Crippen molar-refractivity contribution in [2.45, 2.75) is 25.8 Å². The Kier molecular flexibility index (Phi) is 1.79. The second-order valence-corrected chi connectivity index (χ2v) is 3.66. The smallest absolute Gasteiger partial charge is 0.303 e. The molecule has 1 aromatic heterocycles. The maximum atomic E-state index is 10.5. The van der Waals surface area contributed by atoms with E-state index in [0.29, 0.717) is 6.54 Å². The van der Waals surface area contributed by atoms with Gasteiger partial charge in [0.1, 0.15) is 12.7 Å². The minimum atomic E-state index is -0.724. The molecule has 1 saturated carbocycles. The number of nitrogens with zero attached hydrogens (tertiary/aromatic N) is 3. The summed E-state index contributed by atoms with van der Waals surface area (Å²) in [6, 6.07) is 0. The summed E-state index contributed by atoms with van der Waals surface area (Å²) in [5.74, 6) is -0.724. The van der Waals surface area contributed by atoms with E-state index in [1.54, 1.807) is 11.0 Å². The van der Waals surface area contributed by atoms with Gasteiger partial charge in [0.05, 0.1) is 6.42 Å². The molecule has 0 radical (unpaired) electrons. The molecule has 0 atom stereocenters. The second-order valence-electron chi connectivity index (χ2n) is 3.66. The minimum absolute atomic E-state index is 0.0421. The molecule has 70 valence electrons. The topological polar surface area (TPSA) is 68.0 Å². The first-order chi connectivity index (χ1) is 6.20. The lowest BCUT2D eigenvalue weighted by molar-refractivity contribution is -0.138. The molecule has 2 rings (SSSR count). The summed E-state index contributed by atoms with van der Waals surface area (Å²) in [7, 11) is 0. The predicted molar refractivity (Wildman–Crippen MR) is 43.9 cm³/mol. The van der Waals surface area contributed by atoms with Crippen LogP contribution in [-0.4, -0.2) is 25.8 Å². The Morgan fingerprint density at radius 3 is 2.85 bits per heavy atom. The van der Waals surface area contributed by atoms with Gasteiger partial charge in [-0.2, -0.15) is 5.10 Å². The Balaban J connectivity index is 1.98. The number of rotatable bonds is 4. The summed E-state index contributed by atoms with van der Waals surface area (Å²) >= 11 is 0. The number of aliphatic carboxylic acids is 1. The molecule has 1 aliphatic rings. The fourth-order valence-electron chi connectivity index (χ4n) is 1.55. The van der Waals surface area contributed by atoms with Gasteiger partial charge in [0, 0.05) is 12.0 Å². The van der Waals surface area contributed by atoms with Gasteiger partial charge in [-0.3, -0.25) is 9.48 Å². The van der Waals surface area contributed by atoms with Crippen LogP contribution in [0, 0.1) is 5.41 Å². The minimum Gasteiger partial charge on any atom is -0.481 e. The zero-order valence-corrected chi connectivity index (χ0v) is 7.18. The Labute approximate surface area is 75.4 Å². The van der Waals surface area contributed by atoms with Crippen molar-refractivity contribution in [2.24, 2.45) is 5.41 Å². The van der Waals surface area contributed by atoms with Gasteiger partial charge in [-0.1, -0.05) is 0 Å². The van der Waals surface area contributed by atoms with Crippen LogP contribution in [0.5, 0.6) is 0 Å². The van der Waals surface area contributed by atoms with E-state index in [2.05, 4.69) is 10.1 Å². The van der Waals surface area contributed by atoms with Gasteiger partial charge >= 0.3 is 5.97 Å². The summed E-state index contributed by atoms with van der Waals surface area (Å²) in [4.78, 5) is 14.4. The molecular weight excluding hydrogens is 170 g/mol. The second kappa shape index (κ2) is 2.83. The summed E-state index contributed by atoms with van der Waals surface area (Å²) < 4.78 is 1.70. The number of hydrogen-bond acceptors (Lipinski definition) is 3. The van der Waals surface area contributed by atoms with Gasteiger partial charge in [0.25, 0.3) is 0 Å². The number of carbonyl (C=O) groups is 1. The lowest BCUT2D eigenvalue weighted by atomic mass is 10.0. The van der Waals surface area contributed by atoms with Crippen LogP contribution in [0.4, 0.5) is 0 Å². The number of aromatic nitrogens is 3. The summed E-state index contributed by atoms with van der Waals surface area (Å²) in [5, 5.41) is 12.6. The Bertz CT molecular complexity index is 303. The lowest BCUT2D eigenvalue weighted by Gasteiger charge is -2.10. The van der Waals surface area contributed by atoms with Crippen molar-refractivity contribution in [3.8, 4) is 0 Å². The van der Waals surface area contributed by atoms with Crippen LogP contribution in [0.2, 0.25) is 0 Å². The first kappa shape index (κ1) is 8.22. The summed E-state index contributed by atoms with van der Waals surface area (Å²) in [6.07, 6.45) is 5.31. The molecule has 1 heterocycles. The lowest BCUT2D eigenvalue weighted by Crippen LogP contribution is -2.16. The molecule has 0 aromatic carbocycles. The largest absolute Gasteiger partial charge is 0.481 e. The van der Waals surface area contributed by atoms with E-state index < -0.39 is 5.97 Å². The van der Waals surface area contributed by atoms with Gasteiger partial charge in [0.2, 0.25) is 0 Å². The van der Waals surface area contributed by atoms with Crippen molar-refractivity contribution >= 4 is 5.97 Å². The van der Waals surface area contributed by atoms with Crippen molar-refractivity contribution in [3.63, 3.8) is 0 Å². The van der Waals surface area contributed by atoms with Crippen molar-refractivity contribution in [3.05, 3.63) is 12.7 Å². The molecule has 0 spiro atoms. The predicted octanol–water partition coefficient (Wildman–Crippen LogP) is 0.533. The van der Waals surface area contributed by atoms with Crippen molar-refractivity contribution in [1.29, 1.82) is 0 Å². The fourth-order valence-corrected chi connectivity index (χ4v) is 1.55. The maximum absolute atomic E-state index is 10.5. The molecule has 5 nitrogen and oxygen atoms in total. The zero-order valence-electron chi connectivity index (χ0n) is 7.18. The van der Waals surface area contributed by atoms with Gasteiger partial charge in [-0.15, -0.1) is 0 Å². The molecule has 0 bridgehead atoms. The van der Waals surface area contributed by atoms with Crippen molar-refractivity contribution < 1.29 is 9.90 Å². The monoisotopic (exact) mass is 181 g/mol. The van der Waals surface area contributed by atoms with E-state index in [0.717, 1.165) is 12.8 Å². The molecule has 5 heteroatoms. The summed E-state index contributed by atoms with van der Waals surface area (Å²) in [5.41, 5.74) is -0.0421. The average Bonchev–Trinajstić information content (AvgIpc) is 2.61. The maximum Gasteiger partial charge on any atom is 0.303 e. The first-order valence-electron chi connectivity index (χ1n) is 4.24. The van der Waals surface area contributed by atoms with Crippen molar-refractivity contribution in [2.75, 3.05) is 0 Å². The molecule has 1 aromatic rings. The van der Waals surface area contributed by atoms with E-state index in [-0.39, 0.29) is 11.8 Å². The Morgan fingerprint density at radius 2 is 2.38 bits per heavy atom. The number of carboxylic acid groups (broad SMARTS) is 1. The Morgan fingerprint density at radius 1 is 1.62 bits per heavy atom. The molecule has 0 unspecified atom stereocenters. The van der Waals surface area contributed by atoms with Crippen LogP contribution in [0.3, 0.4) is 0 Å². The number of carboxylic acids is 1. The van der Waals surface area contributed by atoms with Crippen LogP contribution in [-0.2, 0) is 11.3 Å². The highest BCUT2D eigenvalue weighted by Crippen LogP contribution is 2.49. The quantitative estimate of drug-likeness (QED) is 0.735. The van der Waals surface area contributed by atoms with E-state index in [1.807, 2.05) is 0 Å². The Hall–Kier alpha value is -1.39. The molecule has 0 saturated heterocycles. The van der Waals surface area contributed by atoms with E-state index in [9.17, 15) is 4.79 Å². The fraction of sp³-hybridized carbons (Fsp3) is 0.625. The van der Waals surface area contributed by atoms with Gasteiger partial charge < -0.3 is 5.11 Å². The van der Waals surface area contributed by atoms with E-state index >= 15 is 0 Å². The van der Waals surface area contributed by atoms with Crippen LogP contribution < -0.4 is 0 Å². The molecule has 13 heavy (non-hydrogen) atoms. The third-order valence-electron chi connectivity index (χ3n) is 2.45. The average molecular weight is 181 g/mol. The molecule has 0 amide bonds.